The van der Waals surface area contributed by atoms with Crippen molar-refractivity contribution in [3.63, 3.8) is 0 Å². The molecule has 0 spiro atoms. The standard InChI is InChI=1S/C35H34NOS.C15H28O2.Ir/c1-20(2)16-29-21(3)26-13-12-24(19-30(26)37-29)34-22(4)32-31(38-34)14-15-36-33(32)25-17-23-10-8-9-11-27(23)28(18-25)35(5,6)7;1-7-14(5,8-2)12(16)11-13(17)15(6,9-3)10-4;/h8-15,18-20H,16H2,1-7H3;11,16H,7-10H2,1-6H3;/q-1;;/b;12-11-;. The van der Waals surface area contributed by atoms with Gasteiger partial charge in [-0.05, 0) is 85.1 Å². The number of fused-ring (bicyclic) bond motifs is 3. The Kier molecular flexibility index (Phi) is 14.4. The smallest absolute Gasteiger partial charge is 0.164 e. The molecule has 56 heavy (non-hydrogen) atoms. The molecule has 1 N–H and O–H groups in total. The van der Waals surface area contributed by atoms with Gasteiger partial charge in [-0.3, -0.25) is 9.78 Å². The van der Waals surface area contributed by atoms with Gasteiger partial charge in [0.15, 0.2) is 5.78 Å². The molecule has 6 aromatic rings. The summed E-state index contributed by atoms with van der Waals surface area (Å²) < 4.78 is 7.60. The van der Waals surface area contributed by atoms with Crippen LogP contribution < -0.4 is 0 Å². The number of allylic oxidation sites excluding steroid dienone is 2. The van der Waals surface area contributed by atoms with Gasteiger partial charge in [0, 0.05) is 70.3 Å². The summed E-state index contributed by atoms with van der Waals surface area (Å²) in [5.74, 6) is 1.96. The van der Waals surface area contributed by atoms with Crippen molar-refractivity contribution in [1.82, 2.24) is 4.98 Å². The minimum absolute atomic E-state index is 0. The number of aromatic nitrogens is 1. The van der Waals surface area contributed by atoms with E-state index in [1.165, 1.54) is 54.1 Å². The number of hydrogen-bond acceptors (Lipinski definition) is 5. The molecule has 3 aromatic heterocycles. The molecule has 4 nitrogen and oxygen atoms in total. The first-order valence-electron chi connectivity index (χ1n) is 20.2. The van der Waals surface area contributed by atoms with Gasteiger partial charge in [-0.25, -0.2) is 0 Å². The van der Waals surface area contributed by atoms with Crippen molar-refractivity contribution < 1.29 is 34.4 Å². The first-order valence-corrected chi connectivity index (χ1v) is 21.0. The normalized spacial score (nSPS) is 12.6. The third-order valence-corrected chi connectivity index (χ3v) is 13.5. The molecule has 0 aliphatic carbocycles. The molecular formula is C50H62IrNO3S-. The third-order valence-electron chi connectivity index (χ3n) is 12.2. The summed E-state index contributed by atoms with van der Waals surface area (Å²) in [6.07, 6.45) is 7.66. The van der Waals surface area contributed by atoms with E-state index in [-0.39, 0.29) is 47.9 Å². The summed E-state index contributed by atoms with van der Waals surface area (Å²) in [6, 6.07) is 23.4. The van der Waals surface area contributed by atoms with Crippen LogP contribution in [0.5, 0.6) is 0 Å². The molecule has 0 saturated carbocycles. The number of pyridine rings is 1. The Morgan fingerprint density at radius 3 is 2.12 bits per heavy atom. The number of benzene rings is 3. The number of carbonyl (C=O) groups excluding carboxylic acids is 1. The predicted octanol–water partition coefficient (Wildman–Crippen LogP) is 15.1. The van der Waals surface area contributed by atoms with Crippen LogP contribution in [0.15, 0.2) is 77.0 Å². The molecule has 0 aliphatic rings. The Morgan fingerprint density at radius 2 is 1.52 bits per heavy atom. The van der Waals surface area contributed by atoms with Gasteiger partial charge in [0.05, 0.1) is 0 Å². The van der Waals surface area contributed by atoms with Crippen LogP contribution in [0.1, 0.15) is 124 Å². The van der Waals surface area contributed by atoms with E-state index in [0.29, 0.717) is 5.92 Å². The molecule has 0 amide bonds. The van der Waals surface area contributed by atoms with Crippen molar-refractivity contribution in [3.8, 4) is 21.7 Å². The van der Waals surface area contributed by atoms with Crippen LogP contribution in [0.3, 0.4) is 0 Å². The van der Waals surface area contributed by atoms with Gasteiger partial charge >= 0.3 is 0 Å². The average molecular weight is 949 g/mol. The SMILES string of the molecule is CCC(C)(CC)C(=O)/C=C(\O)C(C)(CC)CC.Cc1c(CC(C)C)oc2cc(-c3sc4ccnc(-c5[c-]c6ccccc6c(C(C)(C)C)c5)c4c3C)ccc12.[Ir]. The molecule has 0 fully saturated rings. The number of carbonyl (C=O) groups is 1. The van der Waals surface area contributed by atoms with Crippen LogP contribution in [0.4, 0.5) is 0 Å². The van der Waals surface area contributed by atoms with Crippen molar-refractivity contribution in [1.29, 1.82) is 0 Å². The van der Waals surface area contributed by atoms with E-state index < -0.39 is 0 Å². The van der Waals surface area contributed by atoms with E-state index in [9.17, 15) is 9.90 Å². The van der Waals surface area contributed by atoms with Gasteiger partial charge in [-0.15, -0.1) is 40.5 Å². The van der Waals surface area contributed by atoms with Crippen molar-refractivity contribution >= 4 is 48.9 Å². The number of rotatable bonds is 11. The molecule has 301 valence electrons. The van der Waals surface area contributed by atoms with Crippen LogP contribution >= 0.6 is 11.3 Å². The molecule has 0 unspecified atom stereocenters. The second-order valence-corrected chi connectivity index (χ2v) is 18.4. The van der Waals surface area contributed by atoms with Gasteiger partial charge < -0.3 is 9.52 Å². The number of furan rings is 1. The third kappa shape index (κ3) is 9.09. The Morgan fingerprint density at radius 1 is 0.875 bits per heavy atom. The number of ketones is 1. The first kappa shape index (κ1) is 45.1. The fourth-order valence-electron chi connectivity index (χ4n) is 7.32. The van der Waals surface area contributed by atoms with Gasteiger partial charge in [0.1, 0.15) is 17.1 Å². The van der Waals surface area contributed by atoms with E-state index >= 15 is 0 Å². The van der Waals surface area contributed by atoms with E-state index in [1.807, 2.05) is 59.1 Å². The molecule has 6 rings (SSSR count). The van der Waals surface area contributed by atoms with Crippen LogP contribution in [0, 0.1) is 36.7 Å². The summed E-state index contributed by atoms with van der Waals surface area (Å²) in [6.45, 7) is 27.8. The number of aliphatic hydroxyl groups excluding tert-OH is 1. The number of hydrogen-bond donors (Lipinski definition) is 1. The van der Waals surface area contributed by atoms with Gasteiger partial charge in [-0.2, -0.15) is 0 Å². The Labute approximate surface area is 353 Å². The molecule has 0 bridgehead atoms. The van der Waals surface area contributed by atoms with Crippen molar-refractivity contribution in [2.75, 3.05) is 0 Å². The van der Waals surface area contributed by atoms with Crippen LogP contribution in [-0.4, -0.2) is 15.9 Å². The van der Waals surface area contributed by atoms with Crippen molar-refractivity contribution in [2.24, 2.45) is 16.7 Å². The summed E-state index contributed by atoms with van der Waals surface area (Å²) >= 11 is 1.83. The molecule has 0 saturated heterocycles. The molecule has 3 aromatic carbocycles. The number of aliphatic hydroxyl groups is 1. The van der Waals surface area contributed by atoms with Gasteiger partial charge in [0.2, 0.25) is 0 Å². The van der Waals surface area contributed by atoms with Crippen LogP contribution in [0.25, 0.3) is 53.5 Å². The number of aryl methyl sites for hydroxylation is 2. The minimum Gasteiger partial charge on any atom is -0.512 e. The monoisotopic (exact) mass is 949 g/mol. The summed E-state index contributed by atoms with van der Waals surface area (Å²) in [5, 5.41) is 15.0. The Bertz CT molecular complexity index is 2340. The molecule has 0 aliphatic heterocycles. The predicted molar refractivity (Wildman–Crippen MR) is 236 cm³/mol. The maximum atomic E-state index is 12.2. The van der Waals surface area contributed by atoms with Crippen LogP contribution in [0.2, 0.25) is 0 Å². The van der Waals surface area contributed by atoms with E-state index in [4.69, 9.17) is 9.40 Å². The zero-order valence-corrected chi connectivity index (χ0v) is 39.1. The molecular weight excluding hydrogens is 887 g/mol. The zero-order chi connectivity index (χ0) is 40.5. The summed E-state index contributed by atoms with van der Waals surface area (Å²) in [5.41, 5.74) is 7.50. The van der Waals surface area contributed by atoms with Gasteiger partial charge in [-0.1, -0.05) is 117 Å². The molecule has 1 radical (unpaired) electrons. The van der Waals surface area contributed by atoms with Crippen LogP contribution in [-0.2, 0) is 36.7 Å². The summed E-state index contributed by atoms with van der Waals surface area (Å²) in [4.78, 5) is 18.4. The maximum absolute atomic E-state index is 12.2. The van der Waals surface area contributed by atoms with Crippen molar-refractivity contribution in [2.45, 2.75) is 128 Å². The number of nitrogens with zero attached hydrogens (tertiary/aromatic N) is 1. The first-order chi connectivity index (χ1) is 25.9. The quantitative estimate of drug-likeness (QED) is 0.0798. The Hall–Kier alpha value is -3.57. The van der Waals surface area contributed by atoms with E-state index in [0.717, 1.165) is 60.1 Å². The number of thiophene rings is 1. The van der Waals surface area contributed by atoms with Crippen molar-refractivity contribution in [3.05, 3.63) is 101 Å². The van der Waals surface area contributed by atoms with E-state index in [1.54, 1.807) is 0 Å². The molecule has 3 heterocycles. The summed E-state index contributed by atoms with van der Waals surface area (Å²) in [7, 11) is 0. The second-order valence-electron chi connectivity index (χ2n) is 17.4. The van der Waals surface area contributed by atoms with Gasteiger partial charge in [0.25, 0.3) is 0 Å². The largest absolute Gasteiger partial charge is 0.512 e. The average Bonchev–Trinajstić information content (AvgIpc) is 3.67. The van der Waals surface area contributed by atoms with E-state index in [2.05, 4.69) is 109 Å². The minimum atomic E-state index is -0.337. The topological polar surface area (TPSA) is 63.3 Å². The molecule has 0 atom stereocenters. The fourth-order valence-corrected chi connectivity index (χ4v) is 8.52. The molecule has 6 heteroatoms. The fraction of sp³-hybridized carbons (Fsp3) is 0.440. The Balaban J connectivity index is 0.000000330. The second kappa shape index (κ2) is 17.9. The maximum Gasteiger partial charge on any atom is 0.164 e. The zero-order valence-electron chi connectivity index (χ0n) is 35.9.